The van der Waals surface area contributed by atoms with Gasteiger partial charge in [-0.15, -0.1) is 0 Å². The minimum atomic E-state index is 0.365. The number of ether oxygens (including phenoxy) is 1. The van der Waals surface area contributed by atoms with Crippen LogP contribution < -0.4 is 10.1 Å². The van der Waals surface area contributed by atoms with Gasteiger partial charge in [-0.05, 0) is 65.4 Å². The van der Waals surface area contributed by atoms with Crippen molar-refractivity contribution in [3.63, 3.8) is 0 Å². The number of methoxy groups -OCH3 is 1. The molecule has 20 heavy (non-hydrogen) atoms. The lowest BCUT2D eigenvalue weighted by Gasteiger charge is -2.25. The largest absolute Gasteiger partial charge is 0.497 e. The lowest BCUT2D eigenvalue weighted by molar-refractivity contribution is 0.285. The van der Waals surface area contributed by atoms with Crippen molar-refractivity contribution in [1.29, 1.82) is 0 Å². The molecule has 0 bridgehead atoms. The fraction of sp³-hybridized carbons (Fsp3) is 0.625. The second kappa shape index (κ2) is 8.95. The Morgan fingerprint density at radius 3 is 2.55 bits per heavy atom. The minimum absolute atomic E-state index is 0.365. The van der Waals surface area contributed by atoms with Gasteiger partial charge in [-0.25, -0.2) is 0 Å². The summed E-state index contributed by atoms with van der Waals surface area (Å²) >= 11 is 0. The molecule has 0 spiro atoms. The Labute approximate surface area is 123 Å². The Morgan fingerprint density at radius 2 is 1.95 bits per heavy atom. The van der Waals surface area contributed by atoms with Crippen LogP contribution in [0.5, 0.6) is 5.75 Å². The number of nitrogens with one attached hydrogen (secondary N) is 1. The Balaban J connectivity index is 2.51. The molecule has 0 aliphatic carbocycles. The normalized spacial score (nSPS) is 12.9. The van der Waals surface area contributed by atoms with E-state index in [-0.39, 0.29) is 0 Å². The van der Waals surface area contributed by atoms with Gasteiger partial charge < -0.3 is 19.9 Å². The molecule has 0 aliphatic heterocycles. The van der Waals surface area contributed by atoms with E-state index in [0.717, 1.165) is 25.4 Å². The van der Waals surface area contributed by atoms with Gasteiger partial charge in [-0.2, -0.15) is 0 Å². The van der Waals surface area contributed by atoms with Gasteiger partial charge >= 0.3 is 0 Å². The summed E-state index contributed by atoms with van der Waals surface area (Å²) in [7, 11) is 10.2. The third-order valence-electron chi connectivity index (χ3n) is 3.40. The second-order valence-corrected chi connectivity index (χ2v) is 5.62. The van der Waals surface area contributed by atoms with Crippen LogP contribution in [0.4, 0.5) is 0 Å². The highest BCUT2D eigenvalue weighted by Crippen LogP contribution is 2.21. The molecule has 4 nitrogen and oxygen atoms in total. The Bertz CT molecular complexity index is 380. The summed E-state index contributed by atoms with van der Waals surface area (Å²) in [6, 6.07) is 8.68. The first-order chi connectivity index (χ1) is 9.54. The number of hydrogen-bond donors (Lipinski definition) is 1. The van der Waals surface area contributed by atoms with Gasteiger partial charge in [0.15, 0.2) is 0 Å². The van der Waals surface area contributed by atoms with E-state index in [4.69, 9.17) is 4.74 Å². The molecule has 0 saturated carbocycles. The third-order valence-corrected chi connectivity index (χ3v) is 3.40. The molecule has 1 aromatic carbocycles. The molecule has 1 unspecified atom stereocenters. The fourth-order valence-corrected chi connectivity index (χ4v) is 2.21. The number of hydrogen-bond acceptors (Lipinski definition) is 4. The van der Waals surface area contributed by atoms with E-state index in [2.05, 4.69) is 61.5 Å². The Morgan fingerprint density at radius 1 is 1.20 bits per heavy atom. The first-order valence-corrected chi connectivity index (χ1v) is 7.20. The van der Waals surface area contributed by atoms with Gasteiger partial charge in [0.05, 0.1) is 7.11 Å². The van der Waals surface area contributed by atoms with Crippen LogP contribution in [0.25, 0.3) is 0 Å². The number of rotatable bonds is 9. The maximum Gasteiger partial charge on any atom is 0.119 e. The van der Waals surface area contributed by atoms with E-state index in [1.54, 1.807) is 7.11 Å². The van der Waals surface area contributed by atoms with Gasteiger partial charge in [0.2, 0.25) is 0 Å². The highest BCUT2D eigenvalue weighted by molar-refractivity contribution is 5.30. The van der Waals surface area contributed by atoms with Crippen LogP contribution in [0, 0.1) is 0 Å². The molecule has 0 amide bonds. The minimum Gasteiger partial charge on any atom is -0.497 e. The smallest absolute Gasteiger partial charge is 0.119 e. The number of benzene rings is 1. The molecule has 0 radical (unpaired) electrons. The number of likely N-dealkylation sites (N-methyl/N-ethyl adjacent to an activating group) is 1. The molecule has 1 N–H and O–H groups in total. The van der Waals surface area contributed by atoms with Crippen molar-refractivity contribution in [3.05, 3.63) is 29.8 Å². The fourth-order valence-electron chi connectivity index (χ4n) is 2.21. The summed E-state index contributed by atoms with van der Waals surface area (Å²) in [5.41, 5.74) is 1.29. The summed E-state index contributed by atoms with van der Waals surface area (Å²) in [5.74, 6) is 0.918. The predicted octanol–water partition coefficient (Wildman–Crippen LogP) is 1.84. The standard InChI is InChI=1S/C16H29N3O/c1-18(2)11-7-10-17-13-16(19(3)4)14-8-6-9-15(12-14)20-5/h6,8-9,12,16-17H,7,10-11,13H2,1-5H3. The molecule has 0 saturated heterocycles. The van der Waals surface area contributed by atoms with E-state index in [1.165, 1.54) is 12.0 Å². The topological polar surface area (TPSA) is 27.7 Å². The van der Waals surface area contributed by atoms with E-state index in [1.807, 2.05) is 6.07 Å². The molecule has 4 heteroatoms. The molecule has 0 fully saturated rings. The quantitative estimate of drug-likeness (QED) is 0.698. The molecule has 0 aromatic heterocycles. The highest BCUT2D eigenvalue weighted by atomic mass is 16.5. The average molecular weight is 279 g/mol. The zero-order chi connectivity index (χ0) is 15.0. The van der Waals surface area contributed by atoms with Crippen molar-refractivity contribution >= 4 is 0 Å². The molecule has 1 atom stereocenters. The maximum absolute atomic E-state index is 5.31. The van der Waals surface area contributed by atoms with Crippen molar-refractivity contribution in [2.24, 2.45) is 0 Å². The summed E-state index contributed by atoms with van der Waals surface area (Å²) in [5, 5.41) is 3.55. The molecule has 1 aromatic rings. The first kappa shape index (κ1) is 17.0. The zero-order valence-corrected chi connectivity index (χ0v) is 13.5. The third kappa shape index (κ3) is 5.90. The lowest BCUT2D eigenvalue weighted by atomic mass is 10.1. The highest BCUT2D eigenvalue weighted by Gasteiger charge is 2.14. The molecule has 114 valence electrons. The summed E-state index contributed by atoms with van der Waals surface area (Å²) in [4.78, 5) is 4.46. The van der Waals surface area contributed by atoms with E-state index >= 15 is 0 Å². The van der Waals surface area contributed by atoms with Gasteiger partial charge in [0.25, 0.3) is 0 Å². The second-order valence-electron chi connectivity index (χ2n) is 5.62. The van der Waals surface area contributed by atoms with E-state index < -0.39 is 0 Å². The number of nitrogens with zero attached hydrogens (tertiary/aromatic N) is 2. The molecule has 0 aliphatic rings. The van der Waals surface area contributed by atoms with Gasteiger partial charge in [0, 0.05) is 12.6 Å². The van der Waals surface area contributed by atoms with E-state index in [9.17, 15) is 0 Å². The van der Waals surface area contributed by atoms with Crippen molar-refractivity contribution in [3.8, 4) is 5.75 Å². The van der Waals surface area contributed by atoms with Crippen LogP contribution >= 0.6 is 0 Å². The van der Waals surface area contributed by atoms with E-state index in [0.29, 0.717) is 6.04 Å². The molecular formula is C16H29N3O. The van der Waals surface area contributed by atoms with Crippen LogP contribution in [-0.2, 0) is 0 Å². The predicted molar refractivity (Wildman–Crippen MR) is 85.5 cm³/mol. The van der Waals surface area contributed by atoms with Crippen LogP contribution in [0.1, 0.15) is 18.0 Å². The Hall–Kier alpha value is -1.10. The van der Waals surface area contributed by atoms with Gasteiger partial charge in [0.1, 0.15) is 5.75 Å². The summed E-state index contributed by atoms with van der Waals surface area (Å²) in [6.07, 6.45) is 1.17. The van der Waals surface area contributed by atoms with Crippen LogP contribution in [-0.4, -0.2) is 64.7 Å². The van der Waals surface area contributed by atoms with Crippen molar-refractivity contribution in [1.82, 2.24) is 15.1 Å². The molecule has 0 heterocycles. The maximum atomic E-state index is 5.31. The van der Waals surface area contributed by atoms with Crippen molar-refractivity contribution < 1.29 is 4.74 Å². The van der Waals surface area contributed by atoms with Crippen LogP contribution in [0.2, 0.25) is 0 Å². The van der Waals surface area contributed by atoms with Gasteiger partial charge in [-0.1, -0.05) is 12.1 Å². The monoisotopic (exact) mass is 279 g/mol. The summed E-state index contributed by atoms with van der Waals surface area (Å²) < 4.78 is 5.31. The average Bonchev–Trinajstić information content (AvgIpc) is 2.42. The molecule has 1 rings (SSSR count). The van der Waals surface area contributed by atoms with Crippen molar-refractivity contribution in [2.75, 3.05) is 54.9 Å². The SMILES string of the molecule is COc1cccc(C(CNCCCN(C)C)N(C)C)c1. The lowest BCUT2D eigenvalue weighted by Crippen LogP contribution is -2.32. The molecular weight excluding hydrogens is 250 g/mol. The van der Waals surface area contributed by atoms with Crippen LogP contribution in [0.3, 0.4) is 0 Å². The zero-order valence-electron chi connectivity index (χ0n) is 13.5. The Kier molecular flexibility index (Phi) is 7.59. The summed E-state index contributed by atoms with van der Waals surface area (Å²) in [6.45, 7) is 3.12. The van der Waals surface area contributed by atoms with Crippen LogP contribution in [0.15, 0.2) is 24.3 Å². The first-order valence-electron chi connectivity index (χ1n) is 7.20. The van der Waals surface area contributed by atoms with Crippen molar-refractivity contribution in [2.45, 2.75) is 12.5 Å². The van der Waals surface area contributed by atoms with Gasteiger partial charge in [-0.3, -0.25) is 0 Å².